The summed E-state index contributed by atoms with van der Waals surface area (Å²) in [6, 6.07) is 13.5. The summed E-state index contributed by atoms with van der Waals surface area (Å²) in [4.78, 5) is 0. The van der Waals surface area contributed by atoms with Gasteiger partial charge in [-0.3, -0.25) is 4.72 Å². The van der Waals surface area contributed by atoms with Gasteiger partial charge in [-0.1, -0.05) is 12.1 Å². The molecule has 7 heteroatoms. The number of anilines is 1. The number of nitrogens with two attached hydrogens (primary N) is 1. The van der Waals surface area contributed by atoms with Crippen LogP contribution in [0.4, 0.5) is 5.69 Å². The Morgan fingerprint density at radius 3 is 2.50 bits per heavy atom. The van der Waals surface area contributed by atoms with Crippen molar-refractivity contribution in [1.29, 1.82) is 0 Å². The van der Waals surface area contributed by atoms with Gasteiger partial charge < -0.3 is 15.0 Å². The lowest BCUT2D eigenvalue weighted by Crippen LogP contribution is -2.09. The average Bonchev–Trinajstić information content (AvgIpc) is 2.91. The van der Waals surface area contributed by atoms with Gasteiger partial charge in [0.25, 0.3) is 0 Å². The second kappa shape index (κ2) is 7.39. The molecule has 3 aromatic rings. The second-order valence-electron chi connectivity index (χ2n) is 6.28. The molecule has 6 nitrogen and oxygen atoms in total. The normalized spacial score (nSPS) is 11.7. The number of benzene rings is 2. The molecule has 26 heavy (non-hydrogen) atoms. The molecule has 0 bridgehead atoms. The van der Waals surface area contributed by atoms with E-state index in [1.165, 1.54) is 0 Å². The number of fused-ring (bicyclic) bond motifs is 1. The molecule has 0 unspecified atom stereocenters. The molecule has 3 N–H and O–H groups in total. The van der Waals surface area contributed by atoms with Gasteiger partial charge in [-0.2, -0.15) is 0 Å². The van der Waals surface area contributed by atoms with E-state index in [-0.39, 0.29) is 0 Å². The Balaban J connectivity index is 1.99. The van der Waals surface area contributed by atoms with Crippen molar-refractivity contribution in [3.63, 3.8) is 0 Å². The molecule has 1 aromatic heterocycles. The van der Waals surface area contributed by atoms with Gasteiger partial charge in [-0.15, -0.1) is 0 Å². The SMILES string of the molecule is COc1ccc(Cn2cc(CCN)c3cc(NS(C)(=O)=O)ccc32)cc1. The van der Waals surface area contributed by atoms with Gasteiger partial charge in [0.05, 0.1) is 13.4 Å². The number of hydrogen-bond donors (Lipinski definition) is 2. The summed E-state index contributed by atoms with van der Waals surface area (Å²) >= 11 is 0. The molecule has 0 saturated heterocycles. The number of methoxy groups -OCH3 is 1. The molecule has 0 atom stereocenters. The molecule has 0 aliphatic heterocycles. The molecule has 0 spiro atoms. The van der Waals surface area contributed by atoms with Crippen molar-refractivity contribution in [3.05, 3.63) is 59.8 Å². The molecule has 1 heterocycles. The number of nitrogens with one attached hydrogen (secondary N) is 1. The molecule has 0 aliphatic carbocycles. The summed E-state index contributed by atoms with van der Waals surface area (Å²) < 4.78 is 32.9. The number of rotatable bonds is 7. The van der Waals surface area contributed by atoms with Crippen molar-refractivity contribution in [3.8, 4) is 5.75 Å². The van der Waals surface area contributed by atoms with Crippen LogP contribution in [0.25, 0.3) is 10.9 Å². The van der Waals surface area contributed by atoms with Crippen molar-refractivity contribution in [2.24, 2.45) is 5.73 Å². The topological polar surface area (TPSA) is 86.3 Å². The molecule has 0 saturated carbocycles. The highest BCUT2D eigenvalue weighted by atomic mass is 32.2. The maximum atomic E-state index is 11.5. The second-order valence-corrected chi connectivity index (χ2v) is 8.02. The highest BCUT2D eigenvalue weighted by Crippen LogP contribution is 2.27. The summed E-state index contributed by atoms with van der Waals surface area (Å²) in [6.07, 6.45) is 3.97. The Labute approximate surface area is 153 Å². The Morgan fingerprint density at radius 2 is 1.88 bits per heavy atom. The van der Waals surface area contributed by atoms with E-state index in [0.29, 0.717) is 18.8 Å². The van der Waals surface area contributed by atoms with Crippen LogP contribution in [-0.4, -0.2) is 32.9 Å². The molecule has 0 radical (unpaired) electrons. The maximum absolute atomic E-state index is 11.5. The van der Waals surface area contributed by atoms with Gasteiger partial charge in [-0.05, 0) is 54.4 Å². The highest BCUT2D eigenvalue weighted by molar-refractivity contribution is 7.92. The molecule has 0 aliphatic rings. The molecule has 0 amide bonds. The zero-order chi connectivity index (χ0) is 18.7. The molecule has 0 fully saturated rings. The van der Waals surface area contributed by atoms with Crippen LogP contribution < -0.4 is 15.2 Å². The quantitative estimate of drug-likeness (QED) is 0.666. The summed E-state index contributed by atoms with van der Waals surface area (Å²) in [6.45, 7) is 1.25. The predicted octanol–water partition coefficient (Wildman–Crippen LogP) is 2.57. The zero-order valence-corrected chi connectivity index (χ0v) is 15.7. The standard InChI is InChI=1S/C19H23N3O3S/c1-25-17-6-3-14(4-7-17)12-22-13-15(9-10-20)18-11-16(5-8-19(18)22)21-26(2,23)24/h3-8,11,13,21H,9-10,12,20H2,1-2H3. The first-order chi connectivity index (χ1) is 12.4. The summed E-state index contributed by atoms with van der Waals surface area (Å²) in [5.74, 6) is 0.825. The summed E-state index contributed by atoms with van der Waals surface area (Å²) in [7, 11) is -1.66. The molecular formula is C19H23N3O3S. The lowest BCUT2D eigenvalue weighted by Gasteiger charge is -2.08. The van der Waals surface area contributed by atoms with E-state index in [0.717, 1.165) is 40.5 Å². The van der Waals surface area contributed by atoms with E-state index in [4.69, 9.17) is 10.5 Å². The predicted molar refractivity (Wildman–Crippen MR) is 105 cm³/mol. The Hall–Kier alpha value is -2.51. The summed E-state index contributed by atoms with van der Waals surface area (Å²) in [5, 5.41) is 1.01. The monoisotopic (exact) mass is 373 g/mol. The first kappa shape index (κ1) is 18.3. The number of hydrogen-bond acceptors (Lipinski definition) is 4. The fourth-order valence-corrected chi connectivity index (χ4v) is 3.62. The number of nitrogens with zero attached hydrogens (tertiary/aromatic N) is 1. The van der Waals surface area contributed by atoms with Crippen molar-refractivity contribution < 1.29 is 13.2 Å². The minimum absolute atomic E-state index is 0.533. The number of sulfonamides is 1. The van der Waals surface area contributed by atoms with Crippen molar-refractivity contribution in [2.45, 2.75) is 13.0 Å². The molecule has 138 valence electrons. The number of aromatic nitrogens is 1. The van der Waals surface area contributed by atoms with Gasteiger partial charge in [0, 0.05) is 29.3 Å². The van der Waals surface area contributed by atoms with E-state index in [2.05, 4.69) is 15.5 Å². The Kier molecular flexibility index (Phi) is 5.20. The number of ether oxygens (including phenoxy) is 1. The van der Waals surface area contributed by atoms with Crippen LogP contribution in [0.5, 0.6) is 5.75 Å². The van der Waals surface area contributed by atoms with Gasteiger partial charge >= 0.3 is 0 Å². The van der Waals surface area contributed by atoms with Gasteiger partial charge in [0.15, 0.2) is 0 Å². The first-order valence-electron chi connectivity index (χ1n) is 8.32. The van der Waals surface area contributed by atoms with E-state index < -0.39 is 10.0 Å². The lowest BCUT2D eigenvalue weighted by molar-refractivity contribution is 0.414. The fraction of sp³-hybridized carbons (Fsp3) is 0.263. The van der Waals surface area contributed by atoms with E-state index in [1.807, 2.05) is 36.4 Å². The van der Waals surface area contributed by atoms with Gasteiger partial charge in [0.2, 0.25) is 10.0 Å². The minimum Gasteiger partial charge on any atom is -0.497 e. The maximum Gasteiger partial charge on any atom is 0.229 e. The van der Waals surface area contributed by atoms with Crippen molar-refractivity contribution in [1.82, 2.24) is 4.57 Å². The van der Waals surface area contributed by atoms with Crippen LogP contribution in [0.1, 0.15) is 11.1 Å². The van der Waals surface area contributed by atoms with Crippen LogP contribution in [-0.2, 0) is 23.0 Å². The largest absolute Gasteiger partial charge is 0.497 e. The Bertz CT molecular complexity index is 1010. The first-order valence-corrected chi connectivity index (χ1v) is 10.2. The van der Waals surface area contributed by atoms with Crippen LogP contribution in [0, 0.1) is 0 Å². The van der Waals surface area contributed by atoms with E-state index in [1.54, 1.807) is 13.2 Å². The van der Waals surface area contributed by atoms with E-state index in [9.17, 15) is 8.42 Å². The van der Waals surface area contributed by atoms with Crippen molar-refractivity contribution >= 4 is 26.6 Å². The van der Waals surface area contributed by atoms with Crippen LogP contribution in [0.2, 0.25) is 0 Å². The molecule has 3 rings (SSSR count). The van der Waals surface area contributed by atoms with Gasteiger partial charge in [0.1, 0.15) is 5.75 Å². The highest BCUT2D eigenvalue weighted by Gasteiger charge is 2.11. The van der Waals surface area contributed by atoms with Crippen LogP contribution in [0.3, 0.4) is 0 Å². The van der Waals surface area contributed by atoms with Crippen LogP contribution >= 0.6 is 0 Å². The molecular weight excluding hydrogens is 350 g/mol. The summed E-state index contributed by atoms with van der Waals surface area (Å²) in [5.41, 5.74) is 9.61. The smallest absolute Gasteiger partial charge is 0.229 e. The molecule has 2 aromatic carbocycles. The van der Waals surface area contributed by atoms with Crippen molar-refractivity contribution in [2.75, 3.05) is 24.6 Å². The average molecular weight is 373 g/mol. The van der Waals surface area contributed by atoms with E-state index >= 15 is 0 Å². The van der Waals surface area contributed by atoms with Gasteiger partial charge in [-0.25, -0.2) is 8.42 Å². The fourth-order valence-electron chi connectivity index (χ4n) is 3.06. The minimum atomic E-state index is -3.31. The van der Waals surface area contributed by atoms with Crippen LogP contribution in [0.15, 0.2) is 48.7 Å². The third-order valence-electron chi connectivity index (χ3n) is 4.19. The third kappa shape index (κ3) is 4.17. The third-order valence-corrected chi connectivity index (χ3v) is 4.80. The zero-order valence-electron chi connectivity index (χ0n) is 14.9. The Morgan fingerprint density at radius 1 is 1.15 bits per heavy atom. The lowest BCUT2D eigenvalue weighted by atomic mass is 10.1.